The fraction of sp³-hybridized carbons (Fsp3) is 0.300. The lowest BCUT2D eigenvalue weighted by molar-refractivity contribution is -0.137. The normalized spacial score (nSPS) is 17.3. The van der Waals surface area contributed by atoms with Crippen molar-refractivity contribution in [1.82, 2.24) is 0 Å². The molecule has 0 bridgehead atoms. The van der Waals surface area contributed by atoms with Crippen LogP contribution in [0.4, 0.5) is 24.5 Å². The predicted molar refractivity (Wildman–Crippen MR) is 96.4 cm³/mol. The molecule has 0 radical (unpaired) electrons. The molecular formula is C20H19F3N2O2. The molecule has 0 aliphatic carbocycles. The monoisotopic (exact) mass is 376 g/mol. The van der Waals surface area contributed by atoms with Gasteiger partial charge in [-0.3, -0.25) is 9.59 Å². The first-order valence-electron chi connectivity index (χ1n) is 8.65. The van der Waals surface area contributed by atoms with E-state index in [1.165, 1.54) is 17.0 Å². The lowest BCUT2D eigenvalue weighted by Gasteiger charge is -2.17. The van der Waals surface area contributed by atoms with Gasteiger partial charge in [0.2, 0.25) is 11.8 Å². The number of halogens is 3. The largest absolute Gasteiger partial charge is 0.416 e. The Balaban J connectivity index is 1.66. The van der Waals surface area contributed by atoms with Crippen LogP contribution >= 0.6 is 0 Å². The second kappa shape index (κ2) is 7.42. The highest BCUT2D eigenvalue weighted by atomic mass is 19.4. The summed E-state index contributed by atoms with van der Waals surface area (Å²) in [5, 5.41) is 2.79. The van der Waals surface area contributed by atoms with Crippen molar-refractivity contribution in [2.75, 3.05) is 16.8 Å². The van der Waals surface area contributed by atoms with Crippen LogP contribution in [0.5, 0.6) is 0 Å². The van der Waals surface area contributed by atoms with Crippen LogP contribution in [-0.4, -0.2) is 18.4 Å². The van der Waals surface area contributed by atoms with Crippen LogP contribution in [0.1, 0.15) is 24.5 Å². The van der Waals surface area contributed by atoms with Crippen molar-refractivity contribution in [3.63, 3.8) is 0 Å². The molecule has 0 aromatic heterocycles. The Bertz CT molecular complexity index is 830. The summed E-state index contributed by atoms with van der Waals surface area (Å²) in [7, 11) is 0. The molecule has 7 heteroatoms. The number of carbonyl (C=O) groups is 2. The third-order valence-corrected chi connectivity index (χ3v) is 4.63. The Morgan fingerprint density at radius 2 is 1.74 bits per heavy atom. The zero-order chi connectivity index (χ0) is 19.6. The van der Waals surface area contributed by atoms with Crippen molar-refractivity contribution in [1.29, 1.82) is 0 Å². The maximum atomic E-state index is 12.7. The second-order valence-corrected chi connectivity index (χ2v) is 6.49. The van der Waals surface area contributed by atoms with Crippen LogP contribution in [0.25, 0.3) is 0 Å². The lowest BCUT2D eigenvalue weighted by atomic mass is 10.1. The van der Waals surface area contributed by atoms with Gasteiger partial charge in [0.15, 0.2) is 0 Å². The molecule has 1 N–H and O–H groups in total. The summed E-state index contributed by atoms with van der Waals surface area (Å²) >= 11 is 0. The summed E-state index contributed by atoms with van der Waals surface area (Å²) in [5.41, 5.74) is 1.38. The van der Waals surface area contributed by atoms with E-state index in [0.29, 0.717) is 11.4 Å². The van der Waals surface area contributed by atoms with Gasteiger partial charge in [0.05, 0.1) is 11.5 Å². The maximum Gasteiger partial charge on any atom is 0.416 e. The van der Waals surface area contributed by atoms with E-state index in [9.17, 15) is 22.8 Å². The molecule has 1 aliphatic heterocycles. The molecule has 1 heterocycles. The molecule has 27 heavy (non-hydrogen) atoms. The zero-order valence-electron chi connectivity index (χ0n) is 14.7. The number of alkyl halides is 3. The number of hydrogen-bond donors (Lipinski definition) is 1. The smallest absolute Gasteiger partial charge is 0.326 e. The molecule has 142 valence electrons. The van der Waals surface area contributed by atoms with Crippen LogP contribution in [0.2, 0.25) is 0 Å². The van der Waals surface area contributed by atoms with E-state index in [1.807, 2.05) is 19.1 Å². The lowest BCUT2D eigenvalue weighted by Crippen LogP contribution is -2.28. The van der Waals surface area contributed by atoms with Gasteiger partial charge in [-0.2, -0.15) is 13.2 Å². The number of rotatable bonds is 4. The average Bonchev–Trinajstić information content (AvgIpc) is 3.03. The SMILES string of the molecule is CCc1ccc(NC(=O)C2CC(=O)N(c3ccc(C(F)(F)F)cc3)C2)cc1. The third-order valence-electron chi connectivity index (χ3n) is 4.63. The number of hydrogen-bond acceptors (Lipinski definition) is 2. The van der Waals surface area contributed by atoms with Gasteiger partial charge in [-0.05, 0) is 48.4 Å². The molecule has 2 aromatic rings. The Kier molecular flexibility index (Phi) is 5.21. The van der Waals surface area contributed by atoms with Crippen molar-refractivity contribution in [3.8, 4) is 0 Å². The molecule has 1 atom stereocenters. The number of nitrogens with one attached hydrogen (secondary N) is 1. The molecule has 2 aromatic carbocycles. The van der Waals surface area contributed by atoms with Crippen LogP contribution in [0.15, 0.2) is 48.5 Å². The van der Waals surface area contributed by atoms with Gasteiger partial charge in [0.1, 0.15) is 0 Å². The number of amides is 2. The van der Waals surface area contributed by atoms with Gasteiger partial charge in [0.25, 0.3) is 0 Å². The second-order valence-electron chi connectivity index (χ2n) is 6.49. The Labute approximate surface area is 155 Å². The highest BCUT2D eigenvalue weighted by Gasteiger charge is 2.36. The van der Waals surface area contributed by atoms with Crippen LogP contribution < -0.4 is 10.2 Å². The van der Waals surface area contributed by atoms with E-state index in [2.05, 4.69) is 5.32 Å². The highest BCUT2D eigenvalue weighted by Crippen LogP contribution is 2.32. The fourth-order valence-corrected chi connectivity index (χ4v) is 3.03. The molecule has 1 saturated heterocycles. The zero-order valence-corrected chi connectivity index (χ0v) is 14.7. The van der Waals surface area contributed by atoms with E-state index >= 15 is 0 Å². The van der Waals surface area contributed by atoms with E-state index in [-0.39, 0.29) is 24.8 Å². The summed E-state index contributed by atoms with van der Waals surface area (Å²) in [6.45, 7) is 2.18. The Morgan fingerprint density at radius 1 is 1.11 bits per heavy atom. The van der Waals surface area contributed by atoms with Gasteiger partial charge < -0.3 is 10.2 Å². The quantitative estimate of drug-likeness (QED) is 0.867. The molecule has 0 spiro atoms. The molecule has 1 unspecified atom stereocenters. The van der Waals surface area contributed by atoms with Crippen molar-refractivity contribution >= 4 is 23.2 Å². The summed E-state index contributed by atoms with van der Waals surface area (Å²) < 4.78 is 38.0. The van der Waals surface area contributed by atoms with Crippen LogP contribution in [0.3, 0.4) is 0 Å². The molecule has 4 nitrogen and oxygen atoms in total. The van der Waals surface area contributed by atoms with Crippen LogP contribution in [0, 0.1) is 5.92 Å². The predicted octanol–water partition coefficient (Wildman–Crippen LogP) is 4.26. The van der Waals surface area contributed by atoms with Gasteiger partial charge in [-0.25, -0.2) is 0 Å². The van der Waals surface area contributed by atoms with Gasteiger partial charge in [-0.15, -0.1) is 0 Å². The Morgan fingerprint density at radius 3 is 2.30 bits per heavy atom. The van der Waals surface area contributed by atoms with E-state index in [1.54, 1.807) is 12.1 Å². The standard InChI is InChI=1S/C20H19F3N2O2/c1-2-13-3-7-16(8-4-13)24-19(27)14-11-18(26)25(12-14)17-9-5-15(6-10-17)20(21,22)23/h3-10,14H,2,11-12H2,1H3,(H,24,27). The first-order valence-corrected chi connectivity index (χ1v) is 8.65. The minimum atomic E-state index is -4.43. The first-order chi connectivity index (χ1) is 12.8. The van der Waals surface area contributed by atoms with Gasteiger partial charge in [0, 0.05) is 24.3 Å². The molecular weight excluding hydrogens is 357 g/mol. The summed E-state index contributed by atoms with van der Waals surface area (Å²) in [5.74, 6) is -1.11. The van der Waals surface area contributed by atoms with Crippen molar-refractivity contribution in [3.05, 3.63) is 59.7 Å². The molecule has 2 amide bonds. The minimum absolute atomic E-state index is 0.0277. The van der Waals surface area contributed by atoms with E-state index < -0.39 is 17.7 Å². The summed E-state index contributed by atoms with van der Waals surface area (Å²) in [6, 6.07) is 11.8. The van der Waals surface area contributed by atoms with Gasteiger partial charge in [-0.1, -0.05) is 19.1 Å². The van der Waals surface area contributed by atoms with Crippen LogP contribution in [-0.2, 0) is 22.2 Å². The number of aryl methyl sites for hydroxylation is 1. The molecule has 3 rings (SSSR count). The first kappa shape index (κ1) is 18.9. The fourth-order valence-electron chi connectivity index (χ4n) is 3.03. The molecule has 1 aliphatic rings. The summed E-state index contributed by atoms with van der Waals surface area (Å²) in [4.78, 5) is 26.0. The molecule has 0 saturated carbocycles. The number of benzene rings is 2. The number of nitrogens with zero attached hydrogens (tertiary/aromatic N) is 1. The number of anilines is 2. The Hall–Kier alpha value is -2.83. The van der Waals surface area contributed by atoms with Crippen molar-refractivity contribution in [2.45, 2.75) is 25.9 Å². The summed E-state index contributed by atoms with van der Waals surface area (Å²) in [6.07, 6.45) is -3.50. The van der Waals surface area contributed by atoms with Gasteiger partial charge >= 0.3 is 6.18 Å². The van der Waals surface area contributed by atoms with E-state index in [0.717, 1.165) is 24.1 Å². The average molecular weight is 376 g/mol. The maximum absolute atomic E-state index is 12.7. The topological polar surface area (TPSA) is 49.4 Å². The molecule has 1 fully saturated rings. The van der Waals surface area contributed by atoms with E-state index in [4.69, 9.17) is 0 Å². The van der Waals surface area contributed by atoms with Crippen molar-refractivity contribution in [2.24, 2.45) is 5.92 Å². The number of carbonyl (C=O) groups excluding carboxylic acids is 2. The highest BCUT2D eigenvalue weighted by molar-refractivity contribution is 6.03. The minimum Gasteiger partial charge on any atom is -0.326 e. The van der Waals surface area contributed by atoms with Crippen molar-refractivity contribution < 1.29 is 22.8 Å². The third kappa shape index (κ3) is 4.30.